The highest BCUT2D eigenvalue weighted by molar-refractivity contribution is 9.10. The number of hydrogen-bond acceptors (Lipinski definition) is 3. The second-order valence-electron chi connectivity index (χ2n) is 4.53. The molecule has 0 radical (unpaired) electrons. The summed E-state index contributed by atoms with van der Waals surface area (Å²) in [7, 11) is 4.22. The van der Waals surface area contributed by atoms with Crippen LogP contribution < -0.4 is 4.90 Å². The minimum absolute atomic E-state index is 1.00. The number of halogens is 1. The summed E-state index contributed by atoms with van der Waals surface area (Å²) in [6.07, 6.45) is 3.05. The third-order valence-electron chi connectivity index (χ3n) is 2.77. The molecule has 0 aliphatic rings. The van der Waals surface area contributed by atoms with Crippen LogP contribution >= 0.6 is 15.9 Å². The van der Waals surface area contributed by atoms with Crippen molar-refractivity contribution >= 4 is 21.7 Å². The van der Waals surface area contributed by atoms with Crippen LogP contribution in [0, 0.1) is 6.92 Å². The maximum atomic E-state index is 4.47. The summed E-state index contributed by atoms with van der Waals surface area (Å²) in [6.45, 7) is 7.45. The van der Waals surface area contributed by atoms with E-state index in [0.29, 0.717) is 0 Å². The predicted molar refractivity (Wildman–Crippen MR) is 77.7 cm³/mol. The Labute approximate surface area is 113 Å². The number of anilines is 1. The lowest BCUT2D eigenvalue weighted by molar-refractivity contribution is 0.400. The number of rotatable bonds is 6. The molecule has 0 bridgehead atoms. The first-order valence-corrected chi connectivity index (χ1v) is 6.85. The van der Waals surface area contributed by atoms with Crippen molar-refractivity contribution in [2.24, 2.45) is 0 Å². The molecule has 1 aromatic rings. The van der Waals surface area contributed by atoms with Gasteiger partial charge in [-0.05, 0) is 68.5 Å². The molecule has 0 unspecified atom stereocenters. The van der Waals surface area contributed by atoms with Crippen LogP contribution in [0.3, 0.4) is 0 Å². The van der Waals surface area contributed by atoms with Crippen molar-refractivity contribution in [2.45, 2.75) is 20.3 Å². The quantitative estimate of drug-likeness (QED) is 0.805. The van der Waals surface area contributed by atoms with Gasteiger partial charge in [-0.1, -0.05) is 0 Å². The van der Waals surface area contributed by atoms with Crippen LogP contribution in [0.1, 0.15) is 18.9 Å². The number of pyridine rings is 1. The van der Waals surface area contributed by atoms with Crippen LogP contribution in [0.4, 0.5) is 5.82 Å². The van der Waals surface area contributed by atoms with E-state index < -0.39 is 0 Å². The van der Waals surface area contributed by atoms with E-state index in [2.05, 4.69) is 64.7 Å². The molecule has 0 saturated carbocycles. The van der Waals surface area contributed by atoms with E-state index in [0.717, 1.165) is 36.3 Å². The lowest BCUT2D eigenvalue weighted by Gasteiger charge is -2.23. The van der Waals surface area contributed by atoms with Crippen LogP contribution in [0.5, 0.6) is 0 Å². The summed E-state index contributed by atoms with van der Waals surface area (Å²) in [6, 6.07) is 2.14. The highest BCUT2D eigenvalue weighted by Crippen LogP contribution is 2.20. The summed E-state index contributed by atoms with van der Waals surface area (Å²) in [4.78, 5) is 9.01. The van der Waals surface area contributed by atoms with E-state index in [1.54, 1.807) is 0 Å². The molecule has 4 heteroatoms. The van der Waals surface area contributed by atoms with Gasteiger partial charge >= 0.3 is 0 Å². The van der Waals surface area contributed by atoms with Crippen LogP contribution in [-0.4, -0.2) is 43.6 Å². The minimum Gasteiger partial charge on any atom is -0.357 e. The van der Waals surface area contributed by atoms with Gasteiger partial charge in [0.15, 0.2) is 0 Å². The highest BCUT2D eigenvalue weighted by Gasteiger charge is 2.07. The molecule has 0 aliphatic carbocycles. The largest absolute Gasteiger partial charge is 0.357 e. The van der Waals surface area contributed by atoms with Crippen molar-refractivity contribution in [3.8, 4) is 0 Å². The number of hydrogen-bond donors (Lipinski definition) is 0. The van der Waals surface area contributed by atoms with E-state index in [4.69, 9.17) is 0 Å². The van der Waals surface area contributed by atoms with Crippen molar-refractivity contribution in [2.75, 3.05) is 38.6 Å². The van der Waals surface area contributed by atoms with Gasteiger partial charge < -0.3 is 9.80 Å². The van der Waals surface area contributed by atoms with E-state index >= 15 is 0 Å². The Bertz CT molecular complexity index is 353. The number of aromatic nitrogens is 1. The Kier molecular flexibility index (Phi) is 5.92. The van der Waals surface area contributed by atoms with Gasteiger partial charge in [-0.2, -0.15) is 0 Å². The molecule has 0 spiro atoms. The molecule has 1 rings (SSSR count). The Morgan fingerprint density at radius 1 is 1.29 bits per heavy atom. The maximum absolute atomic E-state index is 4.47. The van der Waals surface area contributed by atoms with Gasteiger partial charge in [0.25, 0.3) is 0 Å². The van der Waals surface area contributed by atoms with Crippen LogP contribution in [0.25, 0.3) is 0 Å². The third kappa shape index (κ3) is 4.64. The van der Waals surface area contributed by atoms with Crippen molar-refractivity contribution in [1.82, 2.24) is 9.88 Å². The molecule has 0 N–H and O–H groups in total. The van der Waals surface area contributed by atoms with Crippen LogP contribution in [0.15, 0.2) is 16.7 Å². The highest BCUT2D eigenvalue weighted by atomic mass is 79.9. The second kappa shape index (κ2) is 6.97. The topological polar surface area (TPSA) is 19.4 Å². The van der Waals surface area contributed by atoms with E-state index in [-0.39, 0.29) is 0 Å². The van der Waals surface area contributed by atoms with Gasteiger partial charge in [0.1, 0.15) is 5.82 Å². The monoisotopic (exact) mass is 299 g/mol. The molecule has 3 nitrogen and oxygen atoms in total. The molecule has 0 aliphatic heterocycles. The standard InChI is InChI=1S/C13H22BrN3/c1-5-17(8-6-7-16(3)4)13-9-11(2)12(14)10-15-13/h9-10H,5-8H2,1-4H3. The Balaban J connectivity index is 2.62. The molecule has 0 saturated heterocycles. The van der Waals surface area contributed by atoms with E-state index in [1.807, 2.05) is 6.20 Å². The van der Waals surface area contributed by atoms with Crippen molar-refractivity contribution < 1.29 is 0 Å². The lowest BCUT2D eigenvalue weighted by atomic mass is 10.2. The first-order valence-electron chi connectivity index (χ1n) is 6.06. The molecular formula is C13H22BrN3. The normalized spacial score (nSPS) is 10.9. The fourth-order valence-electron chi connectivity index (χ4n) is 1.71. The first-order chi connectivity index (χ1) is 8.04. The van der Waals surface area contributed by atoms with Crippen molar-refractivity contribution in [1.29, 1.82) is 0 Å². The summed E-state index contributed by atoms with van der Waals surface area (Å²) < 4.78 is 1.07. The van der Waals surface area contributed by atoms with Gasteiger partial charge in [-0.15, -0.1) is 0 Å². The van der Waals surface area contributed by atoms with Crippen molar-refractivity contribution in [3.05, 3.63) is 22.3 Å². The van der Waals surface area contributed by atoms with Gasteiger partial charge in [0.05, 0.1) is 0 Å². The summed E-state index contributed by atoms with van der Waals surface area (Å²) in [5.41, 5.74) is 1.24. The molecule has 0 amide bonds. The van der Waals surface area contributed by atoms with Crippen LogP contribution in [-0.2, 0) is 0 Å². The zero-order valence-corrected chi connectivity index (χ0v) is 12.8. The maximum Gasteiger partial charge on any atom is 0.128 e. The predicted octanol–water partition coefficient (Wildman–Crippen LogP) is 2.93. The SMILES string of the molecule is CCN(CCCN(C)C)c1cc(C)c(Br)cn1. The zero-order chi connectivity index (χ0) is 12.8. The first kappa shape index (κ1) is 14.5. The lowest BCUT2D eigenvalue weighted by Crippen LogP contribution is -2.27. The molecule has 0 aromatic carbocycles. The Morgan fingerprint density at radius 2 is 2.00 bits per heavy atom. The second-order valence-corrected chi connectivity index (χ2v) is 5.38. The Morgan fingerprint density at radius 3 is 2.53 bits per heavy atom. The average molecular weight is 300 g/mol. The summed E-state index contributed by atoms with van der Waals surface area (Å²) in [5, 5.41) is 0. The van der Waals surface area contributed by atoms with Gasteiger partial charge in [0.2, 0.25) is 0 Å². The summed E-state index contributed by atoms with van der Waals surface area (Å²) in [5.74, 6) is 1.08. The van der Waals surface area contributed by atoms with Gasteiger partial charge in [-0.3, -0.25) is 0 Å². The molecule has 0 fully saturated rings. The number of aryl methyl sites for hydroxylation is 1. The van der Waals surface area contributed by atoms with Crippen LogP contribution in [0.2, 0.25) is 0 Å². The molecule has 1 heterocycles. The molecule has 1 aromatic heterocycles. The minimum atomic E-state index is 1.00. The van der Waals surface area contributed by atoms with E-state index in [9.17, 15) is 0 Å². The average Bonchev–Trinajstić information content (AvgIpc) is 2.28. The Hall–Kier alpha value is -0.610. The van der Waals surface area contributed by atoms with Gasteiger partial charge in [-0.25, -0.2) is 4.98 Å². The van der Waals surface area contributed by atoms with Crippen molar-refractivity contribution in [3.63, 3.8) is 0 Å². The molecular weight excluding hydrogens is 278 g/mol. The fourth-order valence-corrected chi connectivity index (χ4v) is 1.93. The van der Waals surface area contributed by atoms with E-state index in [1.165, 1.54) is 5.56 Å². The third-order valence-corrected chi connectivity index (χ3v) is 3.60. The van der Waals surface area contributed by atoms with Gasteiger partial charge in [0, 0.05) is 23.8 Å². The molecule has 0 atom stereocenters. The molecule has 17 heavy (non-hydrogen) atoms. The fraction of sp³-hybridized carbons (Fsp3) is 0.615. The smallest absolute Gasteiger partial charge is 0.128 e. The zero-order valence-electron chi connectivity index (χ0n) is 11.2. The molecule has 96 valence electrons. The summed E-state index contributed by atoms with van der Waals surface area (Å²) >= 11 is 3.48. The number of nitrogens with zero attached hydrogens (tertiary/aromatic N) is 3.